The Labute approximate surface area is 231 Å². The Kier molecular flexibility index (Phi) is 6.67. The molecule has 0 fully saturated rings. The van der Waals surface area contributed by atoms with Gasteiger partial charge in [0.05, 0.1) is 23.2 Å². The molecule has 2 atom stereocenters. The second-order valence-electron chi connectivity index (χ2n) is 10.1. The number of hydrogen-bond acceptors (Lipinski definition) is 6. The van der Waals surface area contributed by atoms with Gasteiger partial charge < -0.3 is 18.6 Å². The Bertz CT molecular complexity index is 1480. The van der Waals surface area contributed by atoms with E-state index >= 15 is 0 Å². The molecule has 2 aliphatic heterocycles. The molecule has 4 aromatic rings. The number of fused-ring (bicyclic) bond motifs is 2. The first-order valence-electron chi connectivity index (χ1n) is 13.4. The van der Waals surface area contributed by atoms with Gasteiger partial charge in [-0.3, -0.25) is 19.2 Å². The van der Waals surface area contributed by atoms with Gasteiger partial charge in [0, 0.05) is 42.5 Å². The van der Waals surface area contributed by atoms with Crippen molar-refractivity contribution in [2.75, 3.05) is 0 Å². The molecular weight excluding hydrogens is 508 g/mol. The zero-order valence-corrected chi connectivity index (χ0v) is 22.0. The third kappa shape index (κ3) is 4.55. The average molecular weight is 537 g/mol. The molecule has 6 rings (SSSR count). The Balaban J connectivity index is 1.09. The van der Waals surface area contributed by atoms with Crippen LogP contribution >= 0.6 is 0 Å². The molecule has 40 heavy (non-hydrogen) atoms. The Hall–Kier alpha value is -4.72. The number of ketones is 2. The standard InChI is InChI=1S/C32H28N2O6/c1-20(39-31(37)23-16-18-33-25(23)12-14-27(33)29(35)21-8-4-2-5-9-21)40-32(38)24-17-19-34-26(24)13-15-28(34)30(36)22-10-6-3-7-11-22/h2-15,20,23-24H,16-19H2,1H3/t23-,24-/m0/s1. The van der Waals surface area contributed by atoms with Gasteiger partial charge in [-0.1, -0.05) is 60.7 Å². The highest BCUT2D eigenvalue weighted by Crippen LogP contribution is 2.34. The monoisotopic (exact) mass is 536 g/mol. The number of carbonyl (C=O) groups is 4. The molecule has 8 nitrogen and oxygen atoms in total. The molecule has 2 aromatic carbocycles. The lowest BCUT2D eigenvalue weighted by Crippen LogP contribution is -2.26. The molecule has 0 amide bonds. The first-order chi connectivity index (χ1) is 19.4. The molecule has 202 valence electrons. The molecule has 0 bridgehead atoms. The molecule has 0 N–H and O–H groups in total. The predicted molar refractivity (Wildman–Crippen MR) is 145 cm³/mol. The molecule has 2 aliphatic rings. The number of rotatable bonds is 8. The van der Waals surface area contributed by atoms with Crippen molar-refractivity contribution < 1.29 is 28.7 Å². The van der Waals surface area contributed by atoms with Crippen LogP contribution in [0.4, 0.5) is 0 Å². The fourth-order valence-corrected chi connectivity index (χ4v) is 5.75. The molecule has 8 heteroatoms. The van der Waals surface area contributed by atoms with Crippen molar-refractivity contribution in [1.29, 1.82) is 0 Å². The molecule has 0 radical (unpaired) electrons. The van der Waals surface area contributed by atoms with Crippen LogP contribution in [0.3, 0.4) is 0 Å². The molecule has 4 heterocycles. The van der Waals surface area contributed by atoms with Crippen LogP contribution in [0.5, 0.6) is 0 Å². The van der Waals surface area contributed by atoms with E-state index in [0.717, 1.165) is 0 Å². The van der Waals surface area contributed by atoms with E-state index in [9.17, 15) is 19.2 Å². The third-order valence-electron chi connectivity index (χ3n) is 7.70. The van der Waals surface area contributed by atoms with Gasteiger partial charge in [0.15, 0.2) is 0 Å². The number of esters is 2. The van der Waals surface area contributed by atoms with E-state index in [1.54, 1.807) is 48.5 Å². The van der Waals surface area contributed by atoms with E-state index in [0.29, 0.717) is 59.8 Å². The number of aromatic nitrogens is 2. The van der Waals surface area contributed by atoms with Gasteiger partial charge in [-0.15, -0.1) is 0 Å². The van der Waals surface area contributed by atoms with Gasteiger partial charge in [0.25, 0.3) is 0 Å². The number of hydrogen-bond donors (Lipinski definition) is 0. The highest BCUT2D eigenvalue weighted by atomic mass is 16.7. The summed E-state index contributed by atoms with van der Waals surface area (Å²) >= 11 is 0. The van der Waals surface area contributed by atoms with Gasteiger partial charge in [0.2, 0.25) is 17.9 Å². The van der Waals surface area contributed by atoms with Crippen molar-refractivity contribution in [2.24, 2.45) is 0 Å². The average Bonchev–Trinajstić information content (AvgIpc) is 3.75. The van der Waals surface area contributed by atoms with E-state index in [1.807, 2.05) is 45.5 Å². The molecule has 0 spiro atoms. The summed E-state index contributed by atoms with van der Waals surface area (Å²) in [5, 5.41) is 0. The Morgan fingerprint density at radius 2 is 1.02 bits per heavy atom. The van der Waals surface area contributed by atoms with Crippen molar-refractivity contribution in [1.82, 2.24) is 9.13 Å². The van der Waals surface area contributed by atoms with Crippen molar-refractivity contribution in [2.45, 2.75) is 51.0 Å². The number of ether oxygens (including phenoxy) is 2. The summed E-state index contributed by atoms with van der Waals surface area (Å²) in [7, 11) is 0. The molecule has 0 saturated carbocycles. The van der Waals surface area contributed by atoms with Crippen LogP contribution in [0.1, 0.15) is 75.1 Å². The van der Waals surface area contributed by atoms with E-state index < -0.39 is 30.1 Å². The normalized spacial score (nSPS) is 17.4. The number of nitrogens with zero attached hydrogens (tertiary/aromatic N) is 2. The highest BCUT2D eigenvalue weighted by Gasteiger charge is 2.36. The first-order valence-corrected chi connectivity index (χ1v) is 13.4. The summed E-state index contributed by atoms with van der Waals surface area (Å²) in [6.45, 7) is 2.56. The maximum Gasteiger partial charge on any atom is 0.318 e. The summed E-state index contributed by atoms with van der Waals surface area (Å²) < 4.78 is 14.8. The van der Waals surface area contributed by atoms with Crippen LogP contribution in [-0.4, -0.2) is 38.9 Å². The minimum absolute atomic E-state index is 0.0990. The zero-order valence-electron chi connectivity index (χ0n) is 22.0. The summed E-state index contributed by atoms with van der Waals surface area (Å²) in [5.41, 5.74) is 3.67. The largest absolute Gasteiger partial charge is 0.425 e. The quantitative estimate of drug-likeness (QED) is 0.181. The van der Waals surface area contributed by atoms with E-state index in [2.05, 4.69) is 0 Å². The van der Waals surface area contributed by atoms with Gasteiger partial charge in [-0.25, -0.2) is 0 Å². The molecule has 0 aliphatic carbocycles. The van der Waals surface area contributed by atoms with Crippen LogP contribution in [-0.2, 0) is 32.2 Å². The molecular formula is C32H28N2O6. The minimum atomic E-state index is -1.08. The summed E-state index contributed by atoms with van der Waals surface area (Å²) in [5.74, 6) is -2.29. The topological polar surface area (TPSA) is 96.6 Å². The molecule has 0 unspecified atom stereocenters. The predicted octanol–water partition coefficient (Wildman–Crippen LogP) is 4.86. The van der Waals surface area contributed by atoms with Crippen LogP contribution in [0, 0.1) is 0 Å². The van der Waals surface area contributed by atoms with Gasteiger partial charge >= 0.3 is 11.9 Å². The van der Waals surface area contributed by atoms with E-state index in [-0.39, 0.29) is 11.6 Å². The van der Waals surface area contributed by atoms with Crippen LogP contribution in [0.2, 0.25) is 0 Å². The van der Waals surface area contributed by atoms with Crippen molar-refractivity contribution in [3.8, 4) is 0 Å². The van der Waals surface area contributed by atoms with Crippen LogP contribution in [0.25, 0.3) is 0 Å². The number of carbonyl (C=O) groups excluding carboxylic acids is 4. The van der Waals surface area contributed by atoms with E-state index in [1.165, 1.54) is 6.92 Å². The lowest BCUT2D eigenvalue weighted by atomic mass is 10.0. The van der Waals surface area contributed by atoms with Gasteiger partial charge in [-0.05, 0) is 37.1 Å². The molecule has 0 saturated heterocycles. The van der Waals surface area contributed by atoms with Crippen molar-refractivity contribution in [3.63, 3.8) is 0 Å². The zero-order chi connectivity index (χ0) is 27.8. The number of benzene rings is 2. The van der Waals surface area contributed by atoms with Crippen LogP contribution in [0.15, 0.2) is 84.9 Å². The second-order valence-corrected chi connectivity index (χ2v) is 10.1. The third-order valence-corrected chi connectivity index (χ3v) is 7.70. The Morgan fingerprint density at radius 3 is 1.43 bits per heavy atom. The van der Waals surface area contributed by atoms with Gasteiger partial charge in [-0.2, -0.15) is 0 Å². The lowest BCUT2D eigenvalue weighted by Gasteiger charge is -2.18. The Morgan fingerprint density at radius 1 is 0.625 bits per heavy atom. The smallest absolute Gasteiger partial charge is 0.318 e. The lowest BCUT2D eigenvalue weighted by molar-refractivity contribution is -0.186. The SMILES string of the molecule is CC(OC(=O)[C@H]1CCn2c(C(=O)c3ccccc3)ccc21)OC(=O)[C@H]1CCn2c(C(=O)c3ccccc3)ccc21. The maximum atomic E-state index is 13.0. The fraction of sp³-hybridized carbons (Fsp3) is 0.250. The molecule has 2 aromatic heterocycles. The first kappa shape index (κ1) is 25.6. The maximum absolute atomic E-state index is 13.0. The minimum Gasteiger partial charge on any atom is -0.425 e. The van der Waals surface area contributed by atoms with Crippen molar-refractivity contribution >= 4 is 23.5 Å². The summed E-state index contributed by atoms with van der Waals surface area (Å²) in [6, 6.07) is 25.1. The fourth-order valence-electron chi connectivity index (χ4n) is 5.75. The second kappa shape index (κ2) is 10.4. The van der Waals surface area contributed by atoms with Gasteiger partial charge in [0.1, 0.15) is 0 Å². The van der Waals surface area contributed by atoms with Crippen LogP contribution < -0.4 is 0 Å². The van der Waals surface area contributed by atoms with E-state index in [4.69, 9.17) is 9.47 Å². The van der Waals surface area contributed by atoms with Crippen molar-refractivity contribution in [3.05, 3.63) is 119 Å². The highest BCUT2D eigenvalue weighted by molar-refractivity contribution is 6.09. The summed E-state index contributed by atoms with van der Waals surface area (Å²) in [6.07, 6.45) is -0.0815. The summed E-state index contributed by atoms with van der Waals surface area (Å²) in [4.78, 5) is 52.0.